The molecule has 0 aliphatic heterocycles. The summed E-state index contributed by atoms with van der Waals surface area (Å²) >= 11 is 11.5. The maximum atomic E-state index is 13.3. The predicted molar refractivity (Wildman–Crippen MR) is 68.5 cm³/mol. The van der Waals surface area contributed by atoms with Crippen molar-refractivity contribution >= 4 is 34.0 Å². The van der Waals surface area contributed by atoms with Gasteiger partial charge >= 0.3 is 12.3 Å². The zero-order valence-electron chi connectivity index (χ0n) is 9.39. The molecule has 6 heteroatoms. The normalized spacial score (nSPS) is 14.1. The van der Waals surface area contributed by atoms with E-state index in [2.05, 4.69) is 0 Å². The quantitative estimate of drug-likeness (QED) is 0.506. The molecule has 102 valence electrons. The highest BCUT2D eigenvalue weighted by molar-refractivity contribution is 6.35. The van der Waals surface area contributed by atoms with Gasteiger partial charge in [0.15, 0.2) is 0 Å². The molecule has 0 bridgehead atoms. The van der Waals surface area contributed by atoms with E-state index in [4.69, 9.17) is 23.2 Å². The lowest BCUT2D eigenvalue weighted by molar-refractivity contribution is -0.130. The van der Waals surface area contributed by atoms with Crippen LogP contribution in [0.4, 0.5) is 17.6 Å². The van der Waals surface area contributed by atoms with E-state index in [1.807, 2.05) is 0 Å². The van der Waals surface area contributed by atoms with Crippen molar-refractivity contribution in [3.63, 3.8) is 0 Å². The van der Waals surface area contributed by atoms with Crippen LogP contribution in [0, 0.1) is 0 Å². The van der Waals surface area contributed by atoms with Gasteiger partial charge in [-0.25, -0.2) is 8.78 Å². The van der Waals surface area contributed by atoms with Crippen LogP contribution in [0.3, 0.4) is 0 Å². The third kappa shape index (κ3) is 2.51. The van der Waals surface area contributed by atoms with Gasteiger partial charge < -0.3 is 0 Å². The summed E-state index contributed by atoms with van der Waals surface area (Å²) in [4.78, 5) is 0. The first-order valence-corrected chi connectivity index (χ1v) is 6.14. The van der Waals surface area contributed by atoms with Crippen LogP contribution in [0.5, 0.6) is 0 Å². The minimum atomic E-state index is -4.31. The molecule has 0 N–H and O–H groups in total. The molecular formula is C13H8Cl2F4. The smallest absolute Gasteiger partial charge is 0.204 e. The van der Waals surface area contributed by atoms with E-state index in [9.17, 15) is 17.6 Å². The van der Waals surface area contributed by atoms with Gasteiger partial charge in [0.25, 0.3) is 0 Å². The van der Waals surface area contributed by atoms with E-state index in [1.165, 1.54) is 18.2 Å². The molecule has 2 aromatic carbocycles. The first kappa shape index (κ1) is 14.4. The zero-order valence-corrected chi connectivity index (χ0v) is 10.9. The Balaban J connectivity index is 2.61. The first-order chi connectivity index (χ1) is 8.85. The summed E-state index contributed by atoms with van der Waals surface area (Å²) in [6.07, 6.45) is -3.83. The van der Waals surface area contributed by atoms with Crippen LogP contribution < -0.4 is 0 Å². The SMILES string of the molecule is FC(F)C(F)(F)C(Cl)c1ccc(Cl)c2ccccc12. The zero-order chi connectivity index (χ0) is 14.2. The Morgan fingerprint density at radius 3 is 2.11 bits per heavy atom. The molecule has 1 atom stereocenters. The molecule has 0 fully saturated rings. The number of rotatable bonds is 3. The fourth-order valence-corrected chi connectivity index (χ4v) is 2.34. The van der Waals surface area contributed by atoms with E-state index >= 15 is 0 Å². The second kappa shape index (κ2) is 5.17. The Morgan fingerprint density at radius 1 is 0.947 bits per heavy atom. The molecule has 19 heavy (non-hydrogen) atoms. The average Bonchev–Trinajstić information content (AvgIpc) is 2.38. The summed E-state index contributed by atoms with van der Waals surface area (Å²) < 4.78 is 51.4. The molecule has 0 aromatic heterocycles. The van der Waals surface area contributed by atoms with Crippen molar-refractivity contribution in [3.05, 3.63) is 47.0 Å². The van der Waals surface area contributed by atoms with Crippen LogP contribution in [0.15, 0.2) is 36.4 Å². The van der Waals surface area contributed by atoms with Gasteiger partial charge in [-0.05, 0) is 17.0 Å². The maximum absolute atomic E-state index is 13.3. The molecule has 0 saturated carbocycles. The van der Waals surface area contributed by atoms with Crippen LogP contribution >= 0.6 is 23.2 Å². The molecule has 0 amide bonds. The van der Waals surface area contributed by atoms with E-state index in [1.54, 1.807) is 18.2 Å². The van der Waals surface area contributed by atoms with Crippen molar-refractivity contribution in [2.24, 2.45) is 0 Å². The summed E-state index contributed by atoms with van der Waals surface area (Å²) in [5.41, 5.74) is -0.0630. The van der Waals surface area contributed by atoms with E-state index in [0.717, 1.165) is 0 Å². The molecule has 0 heterocycles. The molecule has 2 rings (SSSR count). The van der Waals surface area contributed by atoms with Gasteiger partial charge in [-0.1, -0.05) is 41.9 Å². The summed E-state index contributed by atoms with van der Waals surface area (Å²) in [5.74, 6) is -4.31. The highest BCUT2D eigenvalue weighted by Crippen LogP contribution is 2.44. The highest BCUT2D eigenvalue weighted by atomic mass is 35.5. The Bertz CT molecular complexity index is 598. The van der Waals surface area contributed by atoms with Crippen LogP contribution in [0.1, 0.15) is 10.9 Å². The van der Waals surface area contributed by atoms with E-state index < -0.39 is 17.7 Å². The molecule has 0 spiro atoms. The average molecular weight is 311 g/mol. The Labute approximate surface area is 116 Å². The van der Waals surface area contributed by atoms with Gasteiger partial charge in [-0.15, -0.1) is 11.6 Å². The van der Waals surface area contributed by atoms with Crippen LogP contribution in [-0.4, -0.2) is 12.3 Å². The fourth-order valence-electron chi connectivity index (χ4n) is 1.82. The third-order valence-electron chi connectivity index (χ3n) is 2.81. The molecule has 0 saturated heterocycles. The second-order valence-corrected chi connectivity index (χ2v) is 4.86. The molecule has 0 nitrogen and oxygen atoms in total. The van der Waals surface area contributed by atoms with Crippen molar-refractivity contribution in [1.82, 2.24) is 0 Å². The molecular weight excluding hydrogens is 303 g/mol. The maximum Gasteiger partial charge on any atom is 0.327 e. The van der Waals surface area contributed by atoms with Gasteiger partial charge in [-0.3, -0.25) is 0 Å². The standard InChI is InChI=1S/C13H8Cl2F4/c14-10-6-5-9(7-3-1-2-4-8(7)10)11(15)13(18,19)12(16)17/h1-6,11-12H. The second-order valence-electron chi connectivity index (χ2n) is 4.02. The highest BCUT2D eigenvalue weighted by Gasteiger charge is 2.49. The van der Waals surface area contributed by atoms with Gasteiger partial charge in [0.05, 0.1) is 0 Å². The number of hydrogen-bond donors (Lipinski definition) is 0. The molecule has 0 aliphatic carbocycles. The minimum absolute atomic E-state index is 0.0630. The van der Waals surface area contributed by atoms with Crippen LogP contribution in [0.25, 0.3) is 10.8 Å². The topological polar surface area (TPSA) is 0 Å². The van der Waals surface area contributed by atoms with Gasteiger partial charge in [-0.2, -0.15) is 8.78 Å². The molecule has 1 unspecified atom stereocenters. The largest absolute Gasteiger partial charge is 0.327 e. The van der Waals surface area contributed by atoms with E-state index in [-0.39, 0.29) is 5.56 Å². The van der Waals surface area contributed by atoms with E-state index in [0.29, 0.717) is 15.8 Å². The van der Waals surface area contributed by atoms with Gasteiger partial charge in [0.1, 0.15) is 5.38 Å². The number of alkyl halides is 5. The number of halogens is 6. The van der Waals surface area contributed by atoms with Crippen molar-refractivity contribution in [3.8, 4) is 0 Å². The molecule has 0 aliphatic rings. The first-order valence-electron chi connectivity index (χ1n) is 5.33. The fraction of sp³-hybridized carbons (Fsp3) is 0.231. The summed E-state index contributed by atoms with van der Waals surface area (Å²) in [6, 6.07) is 9.03. The number of hydrogen-bond acceptors (Lipinski definition) is 0. The summed E-state index contributed by atoms with van der Waals surface area (Å²) in [7, 11) is 0. The van der Waals surface area contributed by atoms with Crippen molar-refractivity contribution in [1.29, 1.82) is 0 Å². The summed E-state index contributed by atoms with van der Waals surface area (Å²) in [6.45, 7) is 0. The van der Waals surface area contributed by atoms with Crippen molar-refractivity contribution in [2.45, 2.75) is 17.7 Å². The lowest BCUT2D eigenvalue weighted by atomic mass is 9.99. The van der Waals surface area contributed by atoms with Crippen LogP contribution in [0.2, 0.25) is 5.02 Å². The predicted octanol–water partition coefficient (Wildman–Crippen LogP) is 5.67. The van der Waals surface area contributed by atoms with Crippen molar-refractivity contribution in [2.75, 3.05) is 0 Å². The minimum Gasteiger partial charge on any atom is -0.204 e. The lowest BCUT2D eigenvalue weighted by Gasteiger charge is -2.22. The van der Waals surface area contributed by atoms with Crippen LogP contribution in [-0.2, 0) is 0 Å². The lowest BCUT2D eigenvalue weighted by Crippen LogP contribution is -2.31. The molecule has 0 radical (unpaired) electrons. The monoisotopic (exact) mass is 310 g/mol. The third-order valence-corrected chi connectivity index (χ3v) is 3.66. The van der Waals surface area contributed by atoms with Gasteiger partial charge in [0, 0.05) is 10.4 Å². The Morgan fingerprint density at radius 2 is 1.53 bits per heavy atom. The Kier molecular flexibility index (Phi) is 3.92. The summed E-state index contributed by atoms with van der Waals surface area (Å²) in [5, 5.41) is -0.925. The number of fused-ring (bicyclic) bond motifs is 1. The van der Waals surface area contributed by atoms with Crippen molar-refractivity contribution < 1.29 is 17.6 Å². The number of benzene rings is 2. The Hall–Kier alpha value is -1.00. The van der Waals surface area contributed by atoms with Gasteiger partial charge in [0.2, 0.25) is 0 Å². The molecule has 2 aromatic rings.